The van der Waals surface area contributed by atoms with Crippen molar-refractivity contribution in [2.45, 2.75) is 33.2 Å². The maximum atomic E-state index is 6.08. The van der Waals surface area contributed by atoms with Crippen molar-refractivity contribution in [3.8, 4) is 0 Å². The second-order valence-electron chi connectivity index (χ2n) is 4.49. The molecule has 1 aromatic carbocycles. The van der Waals surface area contributed by atoms with E-state index in [4.69, 9.17) is 11.6 Å². The van der Waals surface area contributed by atoms with E-state index in [0.29, 0.717) is 11.2 Å². The Bertz CT molecular complexity index is 517. The van der Waals surface area contributed by atoms with Gasteiger partial charge < -0.3 is 0 Å². The fraction of sp³-hybridized carbons (Fsp3) is 0.385. The van der Waals surface area contributed by atoms with Gasteiger partial charge in [0, 0.05) is 5.92 Å². The van der Waals surface area contributed by atoms with E-state index in [2.05, 4.69) is 43.1 Å². The number of nitrogens with zero attached hydrogens (tertiary/aromatic N) is 3. The van der Waals surface area contributed by atoms with Crippen molar-refractivity contribution in [3.05, 3.63) is 46.5 Å². The van der Waals surface area contributed by atoms with Crippen LogP contribution < -0.4 is 0 Å². The van der Waals surface area contributed by atoms with Crippen molar-refractivity contribution in [3.63, 3.8) is 0 Å². The molecular formula is C13H16ClN3. The molecule has 0 spiro atoms. The molecule has 0 fully saturated rings. The van der Waals surface area contributed by atoms with Gasteiger partial charge >= 0.3 is 0 Å². The fourth-order valence-electron chi connectivity index (χ4n) is 1.83. The van der Waals surface area contributed by atoms with E-state index in [9.17, 15) is 0 Å². The first-order valence-electron chi connectivity index (χ1n) is 5.72. The zero-order valence-corrected chi connectivity index (χ0v) is 11.1. The highest BCUT2D eigenvalue weighted by Crippen LogP contribution is 2.19. The summed E-state index contributed by atoms with van der Waals surface area (Å²) in [5.41, 5.74) is 2.50. The summed E-state index contributed by atoms with van der Waals surface area (Å²) in [4.78, 5) is 0. The average Bonchev–Trinajstić information content (AvgIpc) is 2.64. The lowest BCUT2D eigenvalue weighted by atomic mass is 10.1. The van der Waals surface area contributed by atoms with Crippen molar-refractivity contribution in [1.82, 2.24) is 14.8 Å². The van der Waals surface area contributed by atoms with Crippen LogP contribution in [0.3, 0.4) is 0 Å². The number of benzene rings is 1. The van der Waals surface area contributed by atoms with Crippen LogP contribution in [0.4, 0.5) is 0 Å². The molecule has 0 N–H and O–H groups in total. The van der Waals surface area contributed by atoms with E-state index in [1.165, 1.54) is 11.1 Å². The van der Waals surface area contributed by atoms with Crippen LogP contribution in [0.1, 0.15) is 36.7 Å². The maximum Gasteiger partial charge on any atom is 0.225 e. The lowest BCUT2D eigenvalue weighted by molar-refractivity contribution is 0.668. The number of rotatable bonds is 3. The van der Waals surface area contributed by atoms with Gasteiger partial charge in [0.25, 0.3) is 0 Å². The standard InChI is InChI=1S/C13H16ClN3/c1-9(2)12-15-16-13(14)17(12)8-11-7-5-4-6-10(11)3/h4-7,9H,8H2,1-3H3. The average molecular weight is 250 g/mol. The van der Waals surface area contributed by atoms with Gasteiger partial charge in [0.15, 0.2) is 0 Å². The molecule has 1 heterocycles. The van der Waals surface area contributed by atoms with Gasteiger partial charge in [-0.25, -0.2) is 0 Å². The quantitative estimate of drug-likeness (QED) is 0.835. The molecule has 0 unspecified atom stereocenters. The van der Waals surface area contributed by atoms with Crippen LogP contribution >= 0.6 is 11.6 Å². The Kier molecular flexibility index (Phi) is 3.48. The van der Waals surface area contributed by atoms with Gasteiger partial charge in [-0.05, 0) is 29.7 Å². The largest absolute Gasteiger partial charge is 0.297 e. The molecule has 2 rings (SSSR count). The van der Waals surface area contributed by atoms with Gasteiger partial charge in [-0.2, -0.15) is 0 Å². The molecule has 0 amide bonds. The summed E-state index contributed by atoms with van der Waals surface area (Å²) in [6.45, 7) is 7.01. The molecule has 0 saturated carbocycles. The Balaban J connectivity index is 2.36. The zero-order valence-electron chi connectivity index (χ0n) is 10.3. The van der Waals surface area contributed by atoms with Crippen LogP contribution in [0.2, 0.25) is 5.28 Å². The Labute approximate surface area is 106 Å². The summed E-state index contributed by atoms with van der Waals surface area (Å²) < 4.78 is 1.97. The molecule has 17 heavy (non-hydrogen) atoms. The van der Waals surface area contributed by atoms with E-state index in [1.54, 1.807) is 0 Å². The SMILES string of the molecule is Cc1ccccc1Cn1c(Cl)nnc1C(C)C. The Morgan fingerprint density at radius 3 is 2.59 bits per heavy atom. The van der Waals surface area contributed by atoms with E-state index < -0.39 is 0 Å². The van der Waals surface area contributed by atoms with Gasteiger partial charge in [0.1, 0.15) is 5.82 Å². The predicted molar refractivity (Wildman–Crippen MR) is 69.4 cm³/mol. The maximum absolute atomic E-state index is 6.08. The monoisotopic (exact) mass is 249 g/mol. The van der Waals surface area contributed by atoms with E-state index >= 15 is 0 Å². The minimum atomic E-state index is 0.319. The highest BCUT2D eigenvalue weighted by atomic mass is 35.5. The zero-order chi connectivity index (χ0) is 12.4. The van der Waals surface area contributed by atoms with Crippen LogP contribution in [0.25, 0.3) is 0 Å². The molecule has 0 aliphatic heterocycles. The summed E-state index contributed by atoms with van der Waals surface area (Å²) in [5, 5.41) is 8.52. The molecule has 3 nitrogen and oxygen atoms in total. The predicted octanol–water partition coefficient (Wildman–Crippen LogP) is 3.41. The van der Waals surface area contributed by atoms with Crippen molar-refractivity contribution >= 4 is 11.6 Å². The summed E-state index contributed by atoms with van der Waals surface area (Å²) in [6.07, 6.45) is 0. The number of aromatic nitrogens is 3. The second kappa shape index (κ2) is 4.88. The molecule has 0 radical (unpaired) electrons. The van der Waals surface area contributed by atoms with Gasteiger partial charge in [0.2, 0.25) is 5.28 Å². The fourth-order valence-corrected chi connectivity index (χ4v) is 2.01. The molecule has 0 saturated heterocycles. The highest BCUT2D eigenvalue weighted by molar-refractivity contribution is 6.28. The third-order valence-electron chi connectivity index (χ3n) is 2.84. The third kappa shape index (κ3) is 2.50. The normalized spacial score (nSPS) is 11.1. The van der Waals surface area contributed by atoms with Gasteiger partial charge in [-0.15, -0.1) is 10.2 Å². The topological polar surface area (TPSA) is 30.7 Å². The minimum absolute atomic E-state index is 0.319. The number of halogens is 1. The van der Waals surface area contributed by atoms with E-state index in [-0.39, 0.29) is 0 Å². The van der Waals surface area contributed by atoms with Crippen molar-refractivity contribution in [2.75, 3.05) is 0 Å². The van der Waals surface area contributed by atoms with Crippen LogP contribution in [0.5, 0.6) is 0 Å². The molecule has 1 aromatic heterocycles. The molecule has 2 aromatic rings. The summed E-state index contributed by atoms with van der Waals surface area (Å²) in [7, 11) is 0. The van der Waals surface area contributed by atoms with E-state index in [1.807, 2.05) is 16.7 Å². The van der Waals surface area contributed by atoms with Crippen LogP contribution in [-0.2, 0) is 6.54 Å². The summed E-state index contributed by atoms with van der Waals surface area (Å²) >= 11 is 6.08. The Hall–Kier alpha value is -1.35. The Morgan fingerprint density at radius 2 is 1.94 bits per heavy atom. The molecule has 0 bridgehead atoms. The first kappa shape index (κ1) is 12.1. The summed E-state index contributed by atoms with van der Waals surface area (Å²) in [6, 6.07) is 8.28. The number of hydrogen-bond donors (Lipinski definition) is 0. The molecule has 0 aliphatic carbocycles. The molecular weight excluding hydrogens is 234 g/mol. The minimum Gasteiger partial charge on any atom is -0.297 e. The van der Waals surface area contributed by atoms with Gasteiger partial charge in [0.05, 0.1) is 6.54 Å². The van der Waals surface area contributed by atoms with Crippen molar-refractivity contribution in [1.29, 1.82) is 0 Å². The molecule has 0 aliphatic rings. The van der Waals surface area contributed by atoms with Gasteiger partial charge in [-0.3, -0.25) is 4.57 Å². The second-order valence-corrected chi connectivity index (χ2v) is 4.83. The molecule has 0 atom stereocenters. The third-order valence-corrected chi connectivity index (χ3v) is 3.12. The summed E-state index contributed by atoms with van der Waals surface area (Å²) in [5.74, 6) is 1.25. The van der Waals surface area contributed by atoms with Crippen molar-refractivity contribution < 1.29 is 0 Å². The van der Waals surface area contributed by atoms with Crippen molar-refractivity contribution in [2.24, 2.45) is 0 Å². The highest BCUT2D eigenvalue weighted by Gasteiger charge is 2.14. The Morgan fingerprint density at radius 1 is 1.24 bits per heavy atom. The van der Waals surface area contributed by atoms with Crippen LogP contribution in [0.15, 0.2) is 24.3 Å². The molecule has 4 heteroatoms. The van der Waals surface area contributed by atoms with Gasteiger partial charge in [-0.1, -0.05) is 38.1 Å². The first-order chi connectivity index (χ1) is 8.09. The number of hydrogen-bond acceptors (Lipinski definition) is 2. The van der Waals surface area contributed by atoms with Crippen LogP contribution in [-0.4, -0.2) is 14.8 Å². The van der Waals surface area contributed by atoms with Crippen LogP contribution in [0, 0.1) is 6.92 Å². The lowest BCUT2D eigenvalue weighted by Gasteiger charge is -2.11. The first-order valence-corrected chi connectivity index (χ1v) is 6.10. The van der Waals surface area contributed by atoms with E-state index in [0.717, 1.165) is 12.4 Å². The number of aryl methyl sites for hydroxylation is 1. The lowest BCUT2D eigenvalue weighted by Crippen LogP contribution is -2.07. The molecule has 90 valence electrons. The smallest absolute Gasteiger partial charge is 0.225 e.